The van der Waals surface area contributed by atoms with Crippen LogP contribution in [0.1, 0.15) is 12.6 Å². The molecule has 1 atom stereocenters. The first-order valence-electron chi connectivity index (χ1n) is 4.50. The highest BCUT2D eigenvalue weighted by atomic mass is 16.6. The SMILES string of the molecule is Cc1ccc(OC(C)C(N)=O)c([N+](=O)[O-])n1. The lowest BCUT2D eigenvalue weighted by molar-refractivity contribution is -0.390. The highest BCUT2D eigenvalue weighted by Gasteiger charge is 2.21. The minimum absolute atomic E-state index is 0.0677. The molecule has 1 heterocycles. The molecule has 0 fully saturated rings. The largest absolute Gasteiger partial charge is 0.473 e. The third kappa shape index (κ3) is 2.66. The van der Waals surface area contributed by atoms with Crippen LogP contribution in [0.3, 0.4) is 0 Å². The third-order valence-electron chi connectivity index (χ3n) is 1.86. The zero-order valence-corrected chi connectivity index (χ0v) is 8.84. The van der Waals surface area contributed by atoms with Gasteiger partial charge in [0.1, 0.15) is 5.69 Å². The quantitative estimate of drug-likeness (QED) is 0.594. The second-order valence-electron chi connectivity index (χ2n) is 3.19. The summed E-state index contributed by atoms with van der Waals surface area (Å²) in [5.74, 6) is -1.19. The van der Waals surface area contributed by atoms with Crippen LogP contribution in [-0.4, -0.2) is 21.9 Å². The van der Waals surface area contributed by atoms with E-state index in [4.69, 9.17) is 10.5 Å². The molecule has 1 rings (SSSR count). The fourth-order valence-electron chi connectivity index (χ4n) is 1.00. The van der Waals surface area contributed by atoms with Gasteiger partial charge in [0.2, 0.25) is 5.75 Å². The molecule has 16 heavy (non-hydrogen) atoms. The number of hydrogen-bond acceptors (Lipinski definition) is 5. The van der Waals surface area contributed by atoms with Crippen molar-refractivity contribution in [3.63, 3.8) is 0 Å². The van der Waals surface area contributed by atoms with Crippen molar-refractivity contribution >= 4 is 11.7 Å². The van der Waals surface area contributed by atoms with E-state index in [9.17, 15) is 14.9 Å². The molecule has 1 amide bonds. The molecule has 0 radical (unpaired) electrons. The summed E-state index contributed by atoms with van der Waals surface area (Å²) < 4.78 is 5.04. The van der Waals surface area contributed by atoms with E-state index in [-0.39, 0.29) is 5.75 Å². The van der Waals surface area contributed by atoms with Gasteiger partial charge in [0.25, 0.3) is 5.91 Å². The van der Waals surface area contributed by atoms with Gasteiger partial charge in [0.05, 0.1) is 0 Å². The highest BCUT2D eigenvalue weighted by molar-refractivity contribution is 5.78. The molecule has 0 saturated carbocycles. The van der Waals surface area contributed by atoms with Crippen LogP contribution in [0.4, 0.5) is 5.82 Å². The van der Waals surface area contributed by atoms with Crippen molar-refractivity contribution in [2.75, 3.05) is 0 Å². The Morgan fingerprint density at radius 2 is 2.25 bits per heavy atom. The molecule has 0 aliphatic rings. The van der Waals surface area contributed by atoms with Crippen LogP contribution in [0.5, 0.6) is 5.75 Å². The summed E-state index contributed by atoms with van der Waals surface area (Å²) in [5, 5.41) is 10.7. The van der Waals surface area contributed by atoms with Crippen molar-refractivity contribution in [3.8, 4) is 5.75 Å². The van der Waals surface area contributed by atoms with Crippen molar-refractivity contribution in [1.29, 1.82) is 0 Å². The number of nitrogens with zero attached hydrogens (tertiary/aromatic N) is 2. The first-order chi connectivity index (χ1) is 7.41. The molecular weight excluding hydrogens is 214 g/mol. The number of nitro groups is 1. The Morgan fingerprint density at radius 1 is 1.62 bits per heavy atom. The second kappa shape index (κ2) is 4.56. The Bertz CT molecular complexity index is 433. The van der Waals surface area contributed by atoms with E-state index in [2.05, 4.69) is 4.98 Å². The van der Waals surface area contributed by atoms with Gasteiger partial charge < -0.3 is 20.6 Å². The van der Waals surface area contributed by atoms with Crippen LogP contribution in [0.15, 0.2) is 12.1 Å². The first kappa shape index (κ1) is 11.9. The van der Waals surface area contributed by atoms with Crippen molar-refractivity contribution in [2.45, 2.75) is 20.0 Å². The minimum atomic E-state index is -0.941. The Hall–Kier alpha value is -2.18. The highest BCUT2D eigenvalue weighted by Crippen LogP contribution is 2.25. The molecule has 0 bridgehead atoms. The fourth-order valence-corrected chi connectivity index (χ4v) is 1.00. The van der Waals surface area contributed by atoms with Gasteiger partial charge in [-0.15, -0.1) is 0 Å². The van der Waals surface area contributed by atoms with Gasteiger partial charge in [-0.2, -0.15) is 0 Å². The number of nitrogens with two attached hydrogens (primary N) is 1. The van der Waals surface area contributed by atoms with Gasteiger partial charge in [-0.3, -0.25) is 4.79 Å². The predicted octanol–water partition coefficient (Wildman–Crippen LogP) is 0.551. The molecule has 1 aromatic heterocycles. The summed E-state index contributed by atoms with van der Waals surface area (Å²) >= 11 is 0. The Labute approximate surface area is 91.4 Å². The lowest BCUT2D eigenvalue weighted by atomic mass is 10.3. The molecule has 0 aromatic carbocycles. The molecule has 7 heteroatoms. The van der Waals surface area contributed by atoms with Gasteiger partial charge in [0.15, 0.2) is 6.10 Å². The maximum Gasteiger partial charge on any atom is 0.406 e. The van der Waals surface area contributed by atoms with E-state index in [0.717, 1.165) is 0 Å². The summed E-state index contributed by atoms with van der Waals surface area (Å²) in [4.78, 5) is 24.5. The van der Waals surface area contributed by atoms with Gasteiger partial charge >= 0.3 is 5.82 Å². The number of pyridine rings is 1. The summed E-state index contributed by atoms with van der Waals surface area (Å²) in [6.45, 7) is 3.03. The fraction of sp³-hybridized carbons (Fsp3) is 0.333. The molecule has 2 N–H and O–H groups in total. The van der Waals surface area contributed by atoms with Gasteiger partial charge in [-0.25, -0.2) is 0 Å². The molecule has 86 valence electrons. The van der Waals surface area contributed by atoms with E-state index in [1.165, 1.54) is 13.0 Å². The van der Waals surface area contributed by atoms with Crippen molar-refractivity contribution in [1.82, 2.24) is 4.98 Å². The molecule has 0 saturated heterocycles. The number of ether oxygens (including phenoxy) is 1. The molecule has 7 nitrogen and oxygen atoms in total. The van der Waals surface area contributed by atoms with Gasteiger partial charge in [0, 0.05) is 6.92 Å². The Morgan fingerprint density at radius 3 is 2.75 bits per heavy atom. The molecule has 0 aliphatic heterocycles. The van der Waals surface area contributed by atoms with Crippen LogP contribution in [-0.2, 0) is 4.79 Å². The Balaban J connectivity index is 3.04. The number of hydrogen-bond donors (Lipinski definition) is 1. The van der Waals surface area contributed by atoms with E-state index >= 15 is 0 Å². The summed E-state index contributed by atoms with van der Waals surface area (Å²) in [6.07, 6.45) is -0.941. The van der Waals surface area contributed by atoms with Gasteiger partial charge in [-0.1, -0.05) is 0 Å². The lowest BCUT2D eigenvalue weighted by Gasteiger charge is -2.10. The smallest absolute Gasteiger partial charge is 0.406 e. The van der Waals surface area contributed by atoms with E-state index in [0.29, 0.717) is 5.69 Å². The average molecular weight is 225 g/mol. The summed E-state index contributed by atoms with van der Waals surface area (Å²) in [5.41, 5.74) is 5.48. The number of rotatable bonds is 4. The van der Waals surface area contributed by atoms with Crippen LogP contribution < -0.4 is 10.5 Å². The van der Waals surface area contributed by atoms with Crippen molar-refractivity contribution in [2.24, 2.45) is 5.73 Å². The zero-order valence-electron chi connectivity index (χ0n) is 8.84. The summed E-state index contributed by atoms with van der Waals surface area (Å²) in [7, 11) is 0. The zero-order chi connectivity index (χ0) is 12.3. The number of primary amides is 1. The van der Waals surface area contributed by atoms with Gasteiger partial charge in [-0.05, 0) is 29.0 Å². The maximum absolute atomic E-state index is 10.8. The lowest BCUT2D eigenvalue weighted by Crippen LogP contribution is -2.30. The molecule has 1 unspecified atom stereocenters. The average Bonchev–Trinajstić information content (AvgIpc) is 2.20. The molecule has 1 aromatic rings. The predicted molar refractivity (Wildman–Crippen MR) is 54.9 cm³/mol. The molecular formula is C9H11N3O4. The monoisotopic (exact) mass is 225 g/mol. The number of carbonyl (C=O) groups excluding carboxylic acids is 1. The third-order valence-corrected chi connectivity index (χ3v) is 1.86. The minimum Gasteiger partial charge on any atom is -0.473 e. The number of carbonyl (C=O) groups is 1. The number of aryl methyl sites for hydroxylation is 1. The molecule has 0 aliphatic carbocycles. The van der Waals surface area contributed by atoms with E-state index < -0.39 is 22.8 Å². The number of amides is 1. The first-order valence-corrected chi connectivity index (χ1v) is 4.50. The number of aromatic nitrogens is 1. The second-order valence-corrected chi connectivity index (χ2v) is 3.19. The topological polar surface area (TPSA) is 108 Å². The normalized spacial score (nSPS) is 11.9. The van der Waals surface area contributed by atoms with Crippen LogP contribution in [0.25, 0.3) is 0 Å². The molecule has 0 spiro atoms. The Kier molecular flexibility index (Phi) is 3.39. The van der Waals surface area contributed by atoms with Crippen LogP contribution >= 0.6 is 0 Å². The van der Waals surface area contributed by atoms with Crippen molar-refractivity contribution < 1.29 is 14.5 Å². The maximum atomic E-state index is 10.8. The van der Waals surface area contributed by atoms with E-state index in [1.807, 2.05) is 0 Å². The summed E-state index contributed by atoms with van der Waals surface area (Å²) in [6, 6.07) is 2.94. The van der Waals surface area contributed by atoms with Crippen molar-refractivity contribution in [3.05, 3.63) is 27.9 Å². The van der Waals surface area contributed by atoms with Crippen LogP contribution in [0.2, 0.25) is 0 Å². The van der Waals surface area contributed by atoms with E-state index in [1.54, 1.807) is 13.0 Å². The van der Waals surface area contributed by atoms with Crippen LogP contribution in [0, 0.1) is 17.0 Å². The standard InChI is InChI=1S/C9H11N3O4/c1-5-3-4-7(9(11-5)12(14)15)16-6(2)8(10)13/h3-4,6H,1-2H3,(H2,10,13).